The summed E-state index contributed by atoms with van der Waals surface area (Å²) in [4.78, 5) is 4.19. The predicted molar refractivity (Wildman–Crippen MR) is 76.7 cm³/mol. The van der Waals surface area contributed by atoms with Gasteiger partial charge in [-0.1, -0.05) is 6.07 Å². The fourth-order valence-corrected chi connectivity index (χ4v) is 2.58. The van der Waals surface area contributed by atoms with E-state index in [0.29, 0.717) is 12.3 Å². The normalized spacial score (nSPS) is 10.2. The Morgan fingerprint density at radius 1 is 1.32 bits per heavy atom. The summed E-state index contributed by atoms with van der Waals surface area (Å²) in [6, 6.07) is 6.25. The average Bonchev–Trinajstić information content (AvgIpc) is 2.83. The van der Waals surface area contributed by atoms with Gasteiger partial charge in [-0.25, -0.2) is 4.98 Å². The molecular weight excluding hydrogens is 256 g/mol. The van der Waals surface area contributed by atoms with Gasteiger partial charge in [0.1, 0.15) is 11.8 Å². The number of nitrogens with zero attached hydrogens (tertiary/aromatic N) is 2. The third kappa shape index (κ3) is 3.33. The number of ether oxygens (including phenoxy) is 1. The van der Waals surface area contributed by atoms with E-state index in [4.69, 9.17) is 10.00 Å². The number of aryl methyl sites for hydroxylation is 2. The van der Waals surface area contributed by atoms with Gasteiger partial charge in [-0.2, -0.15) is 5.26 Å². The molecule has 0 radical (unpaired) electrons. The van der Waals surface area contributed by atoms with Gasteiger partial charge in [-0.15, -0.1) is 11.3 Å². The molecule has 4 heteroatoms. The van der Waals surface area contributed by atoms with Gasteiger partial charge in [-0.05, 0) is 43.5 Å². The third-order valence-corrected chi connectivity index (χ3v) is 3.91. The Bertz CT molecular complexity index is 626. The summed E-state index contributed by atoms with van der Waals surface area (Å²) in [6.45, 7) is 6.82. The van der Waals surface area contributed by atoms with Crippen LogP contribution in [0.5, 0.6) is 5.75 Å². The highest BCUT2D eigenvalue weighted by Crippen LogP contribution is 2.23. The lowest BCUT2D eigenvalue weighted by Gasteiger charge is -2.11. The Kier molecular flexibility index (Phi) is 4.18. The lowest BCUT2D eigenvalue weighted by atomic mass is 10.1. The van der Waals surface area contributed by atoms with Crippen LogP contribution < -0.4 is 4.74 Å². The first-order valence-corrected chi connectivity index (χ1v) is 7.03. The van der Waals surface area contributed by atoms with Gasteiger partial charge in [0.05, 0.1) is 11.6 Å². The van der Waals surface area contributed by atoms with Gasteiger partial charge in [0, 0.05) is 11.8 Å². The Morgan fingerprint density at radius 3 is 2.79 bits per heavy atom. The molecule has 0 bridgehead atoms. The van der Waals surface area contributed by atoms with Crippen LogP contribution in [0.2, 0.25) is 0 Å². The standard InChI is InChI=1S/C15H16N2OS/c1-10-6-11(2)12(3)14(7-10)18-5-4-15-17-13(8-16)9-19-15/h6-7,9H,4-5H2,1-3H3. The van der Waals surface area contributed by atoms with Crippen LogP contribution in [-0.2, 0) is 6.42 Å². The lowest BCUT2D eigenvalue weighted by Crippen LogP contribution is -2.03. The summed E-state index contributed by atoms with van der Waals surface area (Å²) in [5.74, 6) is 0.939. The summed E-state index contributed by atoms with van der Waals surface area (Å²) >= 11 is 1.51. The lowest BCUT2D eigenvalue weighted by molar-refractivity contribution is 0.319. The minimum Gasteiger partial charge on any atom is -0.493 e. The number of thiazole rings is 1. The van der Waals surface area contributed by atoms with E-state index < -0.39 is 0 Å². The Balaban J connectivity index is 1.98. The highest BCUT2D eigenvalue weighted by Gasteiger charge is 2.05. The molecule has 0 aliphatic heterocycles. The molecule has 1 heterocycles. The fourth-order valence-electron chi connectivity index (χ4n) is 1.88. The van der Waals surface area contributed by atoms with Crippen molar-refractivity contribution in [1.29, 1.82) is 5.26 Å². The number of benzene rings is 1. The topological polar surface area (TPSA) is 45.9 Å². The maximum absolute atomic E-state index is 8.71. The number of rotatable bonds is 4. The van der Waals surface area contributed by atoms with Gasteiger partial charge in [-0.3, -0.25) is 0 Å². The minimum absolute atomic E-state index is 0.489. The van der Waals surface area contributed by atoms with E-state index in [9.17, 15) is 0 Å². The molecule has 2 aromatic rings. The second-order valence-electron chi connectivity index (χ2n) is 4.54. The molecule has 2 rings (SSSR count). The molecule has 1 aromatic carbocycles. The second-order valence-corrected chi connectivity index (χ2v) is 5.48. The minimum atomic E-state index is 0.489. The van der Waals surface area contributed by atoms with E-state index in [2.05, 4.69) is 37.9 Å². The van der Waals surface area contributed by atoms with Crippen LogP contribution in [-0.4, -0.2) is 11.6 Å². The zero-order chi connectivity index (χ0) is 13.8. The molecule has 0 saturated heterocycles. The van der Waals surface area contributed by atoms with Gasteiger partial charge < -0.3 is 4.74 Å². The molecule has 98 valence electrons. The van der Waals surface area contributed by atoms with Gasteiger partial charge in [0.25, 0.3) is 0 Å². The van der Waals surface area contributed by atoms with Crippen molar-refractivity contribution in [3.8, 4) is 11.8 Å². The number of hydrogen-bond donors (Lipinski definition) is 0. The summed E-state index contributed by atoms with van der Waals surface area (Å²) in [5, 5.41) is 11.4. The maximum atomic E-state index is 8.71. The van der Waals surface area contributed by atoms with Gasteiger partial charge >= 0.3 is 0 Å². The highest BCUT2D eigenvalue weighted by molar-refractivity contribution is 7.09. The van der Waals surface area contributed by atoms with Crippen molar-refractivity contribution in [2.75, 3.05) is 6.61 Å². The summed E-state index contributed by atoms with van der Waals surface area (Å²) in [7, 11) is 0. The largest absolute Gasteiger partial charge is 0.493 e. The Hall–Kier alpha value is -1.86. The first kappa shape index (κ1) is 13.6. The zero-order valence-corrected chi connectivity index (χ0v) is 12.2. The van der Waals surface area contributed by atoms with Crippen LogP contribution in [0.15, 0.2) is 17.5 Å². The molecule has 1 aromatic heterocycles. The van der Waals surface area contributed by atoms with Crippen LogP contribution in [0.25, 0.3) is 0 Å². The predicted octanol–water partition coefficient (Wildman–Crippen LogP) is 3.56. The molecule has 0 unspecified atom stereocenters. The Morgan fingerprint density at radius 2 is 2.11 bits per heavy atom. The van der Waals surface area contributed by atoms with E-state index in [1.54, 1.807) is 5.38 Å². The second kappa shape index (κ2) is 5.85. The first-order chi connectivity index (χ1) is 9.10. The number of hydrogen-bond acceptors (Lipinski definition) is 4. The molecule has 0 N–H and O–H groups in total. The van der Waals surface area contributed by atoms with E-state index >= 15 is 0 Å². The molecule has 19 heavy (non-hydrogen) atoms. The van der Waals surface area contributed by atoms with E-state index in [0.717, 1.165) is 17.2 Å². The molecule has 0 aliphatic carbocycles. The van der Waals surface area contributed by atoms with Crippen molar-refractivity contribution in [2.24, 2.45) is 0 Å². The number of aromatic nitrogens is 1. The Labute approximate surface area is 117 Å². The molecule has 0 spiro atoms. The van der Waals surface area contributed by atoms with Crippen molar-refractivity contribution in [3.63, 3.8) is 0 Å². The van der Waals surface area contributed by atoms with E-state index in [1.807, 2.05) is 6.07 Å². The van der Waals surface area contributed by atoms with Gasteiger partial charge in [0.2, 0.25) is 0 Å². The quantitative estimate of drug-likeness (QED) is 0.855. The van der Waals surface area contributed by atoms with E-state index in [1.165, 1.54) is 28.0 Å². The van der Waals surface area contributed by atoms with Crippen LogP contribution in [0.4, 0.5) is 0 Å². The van der Waals surface area contributed by atoms with E-state index in [-0.39, 0.29) is 0 Å². The average molecular weight is 272 g/mol. The summed E-state index contributed by atoms with van der Waals surface area (Å²) in [5.41, 5.74) is 4.13. The maximum Gasteiger partial charge on any atom is 0.151 e. The molecular formula is C15H16N2OS. The molecule has 0 amide bonds. The highest BCUT2D eigenvalue weighted by atomic mass is 32.1. The van der Waals surface area contributed by atoms with Crippen LogP contribution in [0.1, 0.15) is 27.4 Å². The summed E-state index contributed by atoms with van der Waals surface area (Å²) < 4.78 is 5.83. The molecule has 0 fully saturated rings. The molecule has 0 aliphatic rings. The smallest absolute Gasteiger partial charge is 0.151 e. The van der Waals surface area contributed by atoms with Crippen molar-refractivity contribution in [2.45, 2.75) is 27.2 Å². The van der Waals surface area contributed by atoms with Crippen molar-refractivity contribution >= 4 is 11.3 Å². The van der Waals surface area contributed by atoms with Crippen molar-refractivity contribution in [1.82, 2.24) is 4.98 Å². The summed E-state index contributed by atoms with van der Waals surface area (Å²) in [6.07, 6.45) is 0.735. The van der Waals surface area contributed by atoms with Gasteiger partial charge in [0.15, 0.2) is 5.69 Å². The third-order valence-electron chi connectivity index (χ3n) is 3.00. The van der Waals surface area contributed by atoms with Crippen LogP contribution >= 0.6 is 11.3 Å². The van der Waals surface area contributed by atoms with Crippen molar-refractivity contribution in [3.05, 3.63) is 44.9 Å². The molecule has 3 nitrogen and oxygen atoms in total. The van der Waals surface area contributed by atoms with Crippen LogP contribution in [0.3, 0.4) is 0 Å². The SMILES string of the molecule is Cc1cc(C)c(C)c(OCCc2nc(C#N)cs2)c1. The molecule has 0 atom stereocenters. The number of nitriles is 1. The molecule has 0 saturated carbocycles. The van der Waals surface area contributed by atoms with Crippen molar-refractivity contribution < 1.29 is 4.74 Å². The first-order valence-electron chi connectivity index (χ1n) is 6.15. The van der Waals surface area contributed by atoms with Crippen LogP contribution in [0, 0.1) is 32.1 Å². The zero-order valence-electron chi connectivity index (χ0n) is 11.4. The fraction of sp³-hybridized carbons (Fsp3) is 0.333. The monoisotopic (exact) mass is 272 g/mol.